The third kappa shape index (κ3) is 1.79. The number of hydrogen-bond acceptors (Lipinski definition) is 0. The number of rotatable bonds is 3. The predicted octanol–water partition coefficient (Wildman–Crippen LogP) is 2.40. The summed E-state index contributed by atoms with van der Waals surface area (Å²) in [5, 5.41) is 2.73. The Bertz CT molecular complexity index is 342. The van der Waals surface area contributed by atoms with Gasteiger partial charge in [-0.2, -0.15) is 0 Å². The van der Waals surface area contributed by atoms with E-state index in [4.69, 9.17) is 0 Å². The molecule has 17 heavy (non-hydrogen) atoms. The zero-order valence-electron chi connectivity index (χ0n) is 10.7. The van der Waals surface area contributed by atoms with Gasteiger partial charge < -0.3 is 5.32 Å². The summed E-state index contributed by atoms with van der Waals surface area (Å²) in [6.45, 7) is 1.26. The molecule has 0 heterocycles. The summed E-state index contributed by atoms with van der Waals surface area (Å²) in [6, 6.07) is 0. The number of hydrogen-bond donors (Lipinski definition) is 1. The minimum Gasteiger partial charge on any atom is -0.338 e. The third-order valence-corrected chi connectivity index (χ3v) is 5.73. The van der Waals surface area contributed by atoms with Crippen LogP contribution >= 0.6 is 0 Å². The summed E-state index contributed by atoms with van der Waals surface area (Å²) in [4.78, 5) is 0. The maximum absolute atomic E-state index is 2.73. The molecule has 0 aliphatic heterocycles. The number of allylic oxidation sites excluding steroid dienone is 3. The second-order valence-corrected chi connectivity index (χ2v) is 7.15. The molecular weight excluding hydrogens is 206 g/mol. The van der Waals surface area contributed by atoms with E-state index in [0.29, 0.717) is 5.54 Å². The minimum absolute atomic E-state index is 0.665. The highest BCUT2D eigenvalue weighted by atomic mass is 15.0. The van der Waals surface area contributed by atoms with Gasteiger partial charge in [-0.15, -0.1) is 0 Å². The first-order valence-corrected chi connectivity index (χ1v) is 7.50. The quantitative estimate of drug-likeness (QED) is 0.767. The molecule has 4 bridgehead atoms. The SMILES string of the molecule is C1=CCC(C[NH2+]C23CC4CC(CC(C4)C2)C3)=C1. The van der Waals surface area contributed by atoms with Crippen LogP contribution in [0, 0.1) is 17.8 Å². The Balaban J connectivity index is 1.45. The van der Waals surface area contributed by atoms with E-state index in [9.17, 15) is 0 Å². The van der Waals surface area contributed by atoms with Gasteiger partial charge in [-0.25, -0.2) is 0 Å². The summed E-state index contributed by atoms with van der Waals surface area (Å²) in [5.41, 5.74) is 2.30. The molecule has 0 spiro atoms. The molecule has 0 atom stereocenters. The minimum atomic E-state index is 0.665. The van der Waals surface area contributed by atoms with E-state index in [1.165, 1.54) is 32.2 Å². The average Bonchev–Trinajstić information content (AvgIpc) is 2.77. The smallest absolute Gasteiger partial charge is 0.0982 e. The second-order valence-electron chi connectivity index (χ2n) is 7.15. The highest BCUT2D eigenvalue weighted by Crippen LogP contribution is 2.54. The topological polar surface area (TPSA) is 16.6 Å². The van der Waals surface area contributed by atoms with Gasteiger partial charge in [0.1, 0.15) is 0 Å². The van der Waals surface area contributed by atoms with Gasteiger partial charge >= 0.3 is 0 Å². The van der Waals surface area contributed by atoms with Gasteiger partial charge in [-0.05, 0) is 49.0 Å². The molecule has 1 heteroatoms. The van der Waals surface area contributed by atoms with Crippen molar-refractivity contribution in [2.75, 3.05) is 6.54 Å². The lowest BCUT2D eigenvalue weighted by Crippen LogP contribution is -2.99. The van der Waals surface area contributed by atoms with Gasteiger partial charge in [0, 0.05) is 19.3 Å². The van der Waals surface area contributed by atoms with Crippen molar-refractivity contribution in [2.24, 2.45) is 17.8 Å². The maximum Gasteiger partial charge on any atom is 0.0982 e. The van der Waals surface area contributed by atoms with Crippen molar-refractivity contribution >= 4 is 0 Å². The van der Waals surface area contributed by atoms with Gasteiger partial charge in [-0.3, -0.25) is 0 Å². The lowest BCUT2D eigenvalue weighted by molar-refractivity contribution is -0.733. The summed E-state index contributed by atoms with van der Waals surface area (Å²) < 4.78 is 0. The van der Waals surface area contributed by atoms with Gasteiger partial charge in [0.15, 0.2) is 0 Å². The molecule has 0 unspecified atom stereocenters. The highest BCUT2D eigenvalue weighted by Gasteiger charge is 2.53. The van der Waals surface area contributed by atoms with E-state index in [2.05, 4.69) is 23.5 Å². The average molecular weight is 230 g/mol. The Morgan fingerprint density at radius 1 is 1.06 bits per heavy atom. The fourth-order valence-corrected chi connectivity index (χ4v) is 5.42. The van der Waals surface area contributed by atoms with Crippen LogP contribution in [0.5, 0.6) is 0 Å². The molecule has 0 saturated heterocycles. The third-order valence-electron chi connectivity index (χ3n) is 5.73. The first-order chi connectivity index (χ1) is 8.31. The molecule has 5 rings (SSSR count). The van der Waals surface area contributed by atoms with Gasteiger partial charge in [-0.1, -0.05) is 18.2 Å². The van der Waals surface area contributed by atoms with E-state index >= 15 is 0 Å². The van der Waals surface area contributed by atoms with E-state index in [1.54, 1.807) is 24.8 Å². The van der Waals surface area contributed by atoms with Gasteiger partial charge in [0.2, 0.25) is 0 Å². The van der Waals surface area contributed by atoms with Crippen LogP contribution in [0.1, 0.15) is 44.9 Å². The van der Waals surface area contributed by atoms with Crippen LogP contribution in [0.3, 0.4) is 0 Å². The van der Waals surface area contributed by atoms with Crippen molar-refractivity contribution in [3.8, 4) is 0 Å². The van der Waals surface area contributed by atoms with Crippen LogP contribution in [0.15, 0.2) is 23.8 Å². The summed E-state index contributed by atoms with van der Waals surface area (Å²) in [6.07, 6.45) is 17.3. The van der Waals surface area contributed by atoms with Crippen LogP contribution in [0.2, 0.25) is 0 Å². The largest absolute Gasteiger partial charge is 0.338 e. The molecule has 0 amide bonds. The molecule has 1 nitrogen and oxygen atoms in total. The maximum atomic E-state index is 2.73. The molecule has 4 fully saturated rings. The van der Waals surface area contributed by atoms with Gasteiger partial charge in [0.05, 0.1) is 12.1 Å². The standard InChI is InChI=1S/C16H23N/c1-2-4-12(3-1)11-17-16-8-13-5-14(9-16)7-15(6-13)10-16/h1-3,13-15,17H,4-11H2/p+1. The predicted molar refractivity (Wildman–Crippen MR) is 69.5 cm³/mol. The molecule has 5 aliphatic carbocycles. The fraction of sp³-hybridized carbons (Fsp3) is 0.750. The van der Waals surface area contributed by atoms with Gasteiger partial charge in [0.25, 0.3) is 0 Å². The second kappa shape index (κ2) is 3.71. The van der Waals surface area contributed by atoms with E-state index in [0.717, 1.165) is 17.8 Å². The van der Waals surface area contributed by atoms with Crippen molar-refractivity contribution < 1.29 is 5.32 Å². The Morgan fingerprint density at radius 3 is 2.24 bits per heavy atom. The lowest BCUT2D eigenvalue weighted by atomic mass is 9.53. The van der Waals surface area contributed by atoms with Crippen molar-refractivity contribution in [3.63, 3.8) is 0 Å². The van der Waals surface area contributed by atoms with Crippen LogP contribution in [-0.4, -0.2) is 12.1 Å². The zero-order valence-corrected chi connectivity index (χ0v) is 10.7. The molecule has 4 saturated carbocycles. The number of quaternary nitrogens is 1. The van der Waals surface area contributed by atoms with Crippen molar-refractivity contribution in [1.82, 2.24) is 0 Å². The summed E-state index contributed by atoms with van der Waals surface area (Å²) >= 11 is 0. The van der Waals surface area contributed by atoms with E-state index < -0.39 is 0 Å². The fourth-order valence-electron chi connectivity index (χ4n) is 5.42. The first kappa shape index (κ1) is 10.4. The lowest BCUT2D eigenvalue weighted by Gasteiger charge is -2.54. The Labute approximate surface area is 104 Å². The van der Waals surface area contributed by atoms with Crippen LogP contribution in [-0.2, 0) is 0 Å². The molecular formula is C16H24N+. The Morgan fingerprint density at radius 2 is 1.71 bits per heavy atom. The molecule has 2 N–H and O–H groups in total. The van der Waals surface area contributed by atoms with E-state index in [-0.39, 0.29) is 0 Å². The van der Waals surface area contributed by atoms with Crippen molar-refractivity contribution in [3.05, 3.63) is 23.8 Å². The molecule has 0 aromatic heterocycles. The van der Waals surface area contributed by atoms with Crippen LogP contribution in [0.25, 0.3) is 0 Å². The Kier molecular flexibility index (Phi) is 2.27. The molecule has 0 radical (unpaired) electrons. The van der Waals surface area contributed by atoms with Crippen LogP contribution in [0.4, 0.5) is 0 Å². The van der Waals surface area contributed by atoms with Crippen LogP contribution < -0.4 is 5.32 Å². The first-order valence-electron chi connectivity index (χ1n) is 7.50. The molecule has 0 aromatic rings. The monoisotopic (exact) mass is 230 g/mol. The number of nitrogens with two attached hydrogens (primary N) is 1. The highest BCUT2D eigenvalue weighted by molar-refractivity contribution is 5.22. The van der Waals surface area contributed by atoms with Crippen molar-refractivity contribution in [1.29, 1.82) is 0 Å². The molecule has 92 valence electrons. The summed E-state index contributed by atoms with van der Waals surface area (Å²) in [5.74, 6) is 3.27. The van der Waals surface area contributed by atoms with E-state index in [1.807, 2.05) is 0 Å². The Hall–Kier alpha value is -0.560. The van der Waals surface area contributed by atoms with Crippen molar-refractivity contribution in [2.45, 2.75) is 50.5 Å². The molecule has 5 aliphatic rings. The zero-order chi connectivity index (χ0) is 11.3. The molecule has 0 aromatic carbocycles. The summed E-state index contributed by atoms with van der Waals surface area (Å²) in [7, 11) is 0. The normalized spacial score (nSPS) is 46.6.